The smallest absolute Gasteiger partial charge is 0.0721 e. The number of hydrogen-bond donors (Lipinski definition) is 1. The van der Waals surface area contributed by atoms with Crippen LogP contribution >= 0.6 is 0 Å². The Balaban J connectivity index is 0.000000490. The summed E-state index contributed by atoms with van der Waals surface area (Å²) < 4.78 is 0. The van der Waals surface area contributed by atoms with Gasteiger partial charge in [-0.15, -0.1) is 0 Å². The predicted octanol–water partition coefficient (Wildman–Crippen LogP) is 1.09. The van der Waals surface area contributed by atoms with E-state index in [2.05, 4.69) is 0 Å². The Hall–Kier alpha value is 1.14. The van der Waals surface area contributed by atoms with Crippen molar-refractivity contribution in [3.05, 3.63) is 12.2 Å². The third kappa shape index (κ3) is 3.22. The maximum atomic E-state index is 8.82. The van der Waals surface area contributed by atoms with Crippen LogP contribution in [-0.4, -0.2) is 11.2 Å². The van der Waals surface area contributed by atoms with Gasteiger partial charge in [-0.1, -0.05) is 12.2 Å². The zero-order chi connectivity index (χ0) is 5.11. The molecule has 0 bridgehead atoms. The topological polar surface area (TPSA) is 20.2 Å². The van der Waals surface area contributed by atoms with E-state index in [1.807, 2.05) is 12.2 Å². The largest absolute Gasteiger partial charge is 0.389 e. The quantitative estimate of drug-likeness (QED) is 0.661. The number of allylic oxidation sites excluding steroid dienone is 1. The van der Waals surface area contributed by atoms with E-state index >= 15 is 0 Å². The standard InChI is InChI=1S/C6H10O.Ac/c7-6-4-2-1-3-5-6;/h2,4,6-7H,1,3,5H2;. The van der Waals surface area contributed by atoms with E-state index in [4.69, 9.17) is 5.11 Å². The summed E-state index contributed by atoms with van der Waals surface area (Å²) in [5.74, 6) is 0. The van der Waals surface area contributed by atoms with Crippen molar-refractivity contribution in [2.24, 2.45) is 0 Å². The van der Waals surface area contributed by atoms with Gasteiger partial charge in [0.2, 0.25) is 0 Å². The fourth-order valence-electron chi connectivity index (χ4n) is 0.794. The molecule has 1 aliphatic carbocycles. The molecular weight excluding hydrogens is 315 g/mol. The van der Waals surface area contributed by atoms with Gasteiger partial charge in [0.05, 0.1) is 6.10 Å². The average Bonchev–Trinajstić information content (AvgIpc) is 1.69. The Morgan fingerprint density at radius 2 is 2.25 bits per heavy atom. The van der Waals surface area contributed by atoms with Gasteiger partial charge >= 0.3 is 0 Å². The fraction of sp³-hybridized carbons (Fsp3) is 0.667. The summed E-state index contributed by atoms with van der Waals surface area (Å²) in [6, 6.07) is 0. The van der Waals surface area contributed by atoms with Gasteiger partial charge in [0.25, 0.3) is 0 Å². The first-order valence-electron chi connectivity index (χ1n) is 2.74. The number of hydrogen-bond acceptors (Lipinski definition) is 1. The zero-order valence-electron chi connectivity index (χ0n) is 4.88. The molecule has 0 fully saturated rings. The number of rotatable bonds is 0. The van der Waals surface area contributed by atoms with Gasteiger partial charge in [-0.3, -0.25) is 0 Å². The van der Waals surface area contributed by atoms with Crippen LogP contribution in [0.5, 0.6) is 0 Å². The van der Waals surface area contributed by atoms with Crippen molar-refractivity contribution in [3.8, 4) is 0 Å². The van der Waals surface area contributed by atoms with Crippen LogP contribution in [0.1, 0.15) is 19.3 Å². The summed E-state index contributed by atoms with van der Waals surface area (Å²) in [6.07, 6.45) is 7.01. The SMILES string of the molecule is OC1C=CCCC1.[Ac]. The predicted molar refractivity (Wildman–Crippen MR) is 29.0 cm³/mol. The minimum atomic E-state index is -0.145. The second kappa shape index (κ2) is 4.97. The maximum Gasteiger partial charge on any atom is 0.0721 e. The zero-order valence-corrected chi connectivity index (χ0v) is 9.62. The molecule has 0 spiro atoms. The van der Waals surface area contributed by atoms with Crippen molar-refractivity contribution >= 4 is 0 Å². The number of aliphatic hydroxyl groups is 1. The fourth-order valence-corrected chi connectivity index (χ4v) is 0.794. The van der Waals surface area contributed by atoms with Crippen LogP contribution in [0.4, 0.5) is 0 Å². The molecule has 8 heavy (non-hydrogen) atoms. The van der Waals surface area contributed by atoms with E-state index < -0.39 is 0 Å². The van der Waals surface area contributed by atoms with Gasteiger partial charge in [-0.2, -0.15) is 0 Å². The molecule has 0 saturated heterocycles. The van der Waals surface area contributed by atoms with Crippen LogP contribution < -0.4 is 0 Å². The number of aliphatic hydroxyl groups excluding tert-OH is 1. The van der Waals surface area contributed by atoms with Gasteiger partial charge in [0.1, 0.15) is 0 Å². The van der Waals surface area contributed by atoms with E-state index in [0.717, 1.165) is 19.3 Å². The Bertz CT molecular complexity index is 80.6. The van der Waals surface area contributed by atoms with Crippen molar-refractivity contribution in [1.29, 1.82) is 0 Å². The van der Waals surface area contributed by atoms with Gasteiger partial charge in [-0.05, 0) is 19.3 Å². The van der Waals surface area contributed by atoms with Crippen LogP contribution in [0.3, 0.4) is 0 Å². The maximum absolute atomic E-state index is 8.82. The molecule has 1 nitrogen and oxygen atoms in total. The van der Waals surface area contributed by atoms with Crippen molar-refractivity contribution in [2.45, 2.75) is 25.4 Å². The molecule has 0 heterocycles. The second-order valence-electron chi connectivity index (χ2n) is 1.93. The summed E-state index contributed by atoms with van der Waals surface area (Å²) in [5, 5.41) is 8.82. The molecule has 0 amide bonds. The van der Waals surface area contributed by atoms with Crippen LogP contribution in [0.2, 0.25) is 0 Å². The summed E-state index contributed by atoms with van der Waals surface area (Å²) >= 11 is 0. The molecule has 0 aromatic rings. The minimum Gasteiger partial charge on any atom is -0.389 e. The Kier molecular flexibility index (Phi) is 5.68. The molecule has 0 aliphatic heterocycles. The second-order valence-corrected chi connectivity index (χ2v) is 1.93. The first-order chi connectivity index (χ1) is 3.39. The van der Waals surface area contributed by atoms with Gasteiger partial charge in [0, 0.05) is 44.1 Å². The molecule has 0 aromatic heterocycles. The van der Waals surface area contributed by atoms with Gasteiger partial charge in [-0.25, -0.2) is 0 Å². The summed E-state index contributed by atoms with van der Waals surface area (Å²) in [5.41, 5.74) is 0. The van der Waals surface area contributed by atoms with Gasteiger partial charge in [0.15, 0.2) is 0 Å². The summed E-state index contributed by atoms with van der Waals surface area (Å²) in [4.78, 5) is 0. The molecule has 0 aromatic carbocycles. The molecule has 2 heteroatoms. The Morgan fingerprint density at radius 1 is 1.50 bits per heavy atom. The van der Waals surface area contributed by atoms with E-state index in [-0.39, 0.29) is 50.2 Å². The van der Waals surface area contributed by atoms with E-state index in [1.54, 1.807) is 0 Å². The third-order valence-electron chi connectivity index (χ3n) is 1.23. The van der Waals surface area contributed by atoms with E-state index in [9.17, 15) is 0 Å². The Labute approximate surface area is 85.7 Å². The average molecular weight is 325 g/mol. The monoisotopic (exact) mass is 325 g/mol. The summed E-state index contributed by atoms with van der Waals surface area (Å²) in [6.45, 7) is 0. The Morgan fingerprint density at radius 3 is 2.50 bits per heavy atom. The molecule has 1 unspecified atom stereocenters. The molecule has 1 N–H and O–H groups in total. The summed E-state index contributed by atoms with van der Waals surface area (Å²) in [7, 11) is 0. The first kappa shape index (κ1) is 9.14. The molecule has 1 atom stereocenters. The van der Waals surface area contributed by atoms with Gasteiger partial charge < -0.3 is 5.11 Å². The molecule has 1 aliphatic rings. The molecule has 43 valence electrons. The van der Waals surface area contributed by atoms with E-state index in [0.29, 0.717) is 0 Å². The van der Waals surface area contributed by atoms with Crippen LogP contribution in [0, 0.1) is 44.1 Å². The normalized spacial score (nSPS) is 26.9. The van der Waals surface area contributed by atoms with Crippen LogP contribution in [-0.2, 0) is 0 Å². The molecule has 0 saturated carbocycles. The van der Waals surface area contributed by atoms with Crippen molar-refractivity contribution in [1.82, 2.24) is 0 Å². The molecule has 1 radical (unpaired) electrons. The van der Waals surface area contributed by atoms with Crippen LogP contribution in [0.25, 0.3) is 0 Å². The van der Waals surface area contributed by atoms with Crippen molar-refractivity contribution in [3.63, 3.8) is 0 Å². The third-order valence-corrected chi connectivity index (χ3v) is 1.23. The first-order valence-corrected chi connectivity index (χ1v) is 2.74. The molecule has 1 rings (SSSR count). The van der Waals surface area contributed by atoms with Crippen molar-refractivity contribution in [2.75, 3.05) is 0 Å². The van der Waals surface area contributed by atoms with Crippen LogP contribution in [0.15, 0.2) is 12.2 Å². The molecular formula is C6H10AcO. The van der Waals surface area contributed by atoms with Crippen molar-refractivity contribution < 1.29 is 49.2 Å². The van der Waals surface area contributed by atoms with E-state index in [1.165, 1.54) is 0 Å². The minimum absolute atomic E-state index is 0.